The number of amides is 1. The van der Waals surface area contributed by atoms with E-state index in [4.69, 9.17) is 0 Å². The minimum atomic E-state index is -0.0689. The fraction of sp³-hybridized carbons (Fsp3) is 0.933. The largest absolute Gasteiger partial charge is 0.353 e. The lowest BCUT2D eigenvalue weighted by molar-refractivity contribution is -0.135. The summed E-state index contributed by atoms with van der Waals surface area (Å²) in [4.78, 5) is 12.8. The van der Waals surface area contributed by atoms with E-state index < -0.39 is 0 Å². The first-order chi connectivity index (χ1) is 8.72. The predicted octanol–water partition coefficient (Wildman–Crippen LogP) is 2.49. The molecule has 1 amide bonds. The van der Waals surface area contributed by atoms with E-state index in [2.05, 4.69) is 17.6 Å². The Balaban J connectivity index is 0.00000133. The van der Waals surface area contributed by atoms with Gasteiger partial charge in [-0.05, 0) is 44.1 Å². The summed E-state index contributed by atoms with van der Waals surface area (Å²) in [6.07, 6.45) is 8.60. The first-order valence-corrected chi connectivity index (χ1v) is 7.74. The van der Waals surface area contributed by atoms with Gasteiger partial charge < -0.3 is 10.6 Å². The van der Waals surface area contributed by atoms with Crippen molar-refractivity contribution < 1.29 is 4.79 Å². The van der Waals surface area contributed by atoms with Gasteiger partial charge in [0, 0.05) is 12.6 Å². The number of carbonyl (C=O) groups excluding carboxylic acids is 1. The molecule has 1 heterocycles. The van der Waals surface area contributed by atoms with E-state index in [0.29, 0.717) is 23.8 Å². The molecule has 0 bridgehead atoms. The van der Waals surface area contributed by atoms with Crippen molar-refractivity contribution in [2.75, 3.05) is 13.1 Å². The zero-order valence-corrected chi connectivity index (χ0v) is 12.7. The molecule has 0 aromatic rings. The highest BCUT2D eigenvalue weighted by molar-refractivity contribution is 5.85. The van der Waals surface area contributed by atoms with Crippen molar-refractivity contribution in [2.45, 2.75) is 57.9 Å². The highest BCUT2D eigenvalue weighted by Gasteiger charge is 2.50. The Morgan fingerprint density at radius 2 is 2.05 bits per heavy atom. The average molecular weight is 287 g/mol. The molecule has 1 aliphatic heterocycles. The SMILES string of the molecule is CC1CCCC1NC(=O)[C@@]12CCCC[C@H]1CNC2.Cl. The summed E-state index contributed by atoms with van der Waals surface area (Å²) in [5, 5.41) is 6.84. The second-order valence-electron chi connectivity index (χ2n) is 6.72. The Labute approximate surface area is 122 Å². The van der Waals surface area contributed by atoms with Crippen LogP contribution in [0.1, 0.15) is 51.9 Å². The molecule has 2 saturated carbocycles. The maximum atomic E-state index is 12.8. The second kappa shape index (κ2) is 6.01. The van der Waals surface area contributed by atoms with Gasteiger partial charge in [0.15, 0.2) is 0 Å². The Kier molecular flexibility index (Phi) is 4.78. The van der Waals surface area contributed by atoms with Crippen molar-refractivity contribution in [3.63, 3.8) is 0 Å². The molecule has 3 rings (SSSR count). The highest BCUT2D eigenvalue weighted by atomic mass is 35.5. The van der Waals surface area contributed by atoms with E-state index in [1.54, 1.807) is 0 Å². The fourth-order valence-corrected chi connectivity index (χ4v) is 4.36. The number of rotatable bonds is 2. The first-order valence-electron chi connectivity index (χ1n) is 7.74. The number of hydrogen-bond donors (Lipinski definition) is 2. The molecule has 3 aliphatic rings. The van der Waals surface area contributed by atoms with Crippen LogP contribution in [0.5, 0.6) is 0 Å². The third-order valence-electron chi connectivity index (χ3n) is 5.67. The minimum Gasteiger partial charge on any atom is -0.353 e. The van der Waals surface area contributed by atoms with Crippen LogP contribution in [0.3, 0.4) is 0 Å². The number of carbonyl (C=O) groups is 1. The van der Waals surface area contributed by atoms with Gasteiger partial charge in [-0.25, -0.2) is 0 Å². The third-order valence-corrected chi connectivity index (χ3v) is 5.67. The third kappa shape index (κ3) is 2.64. The average Bonchev–Trinajstić information content (AvgIpc) is 2.97. The van der Waals surface area contributed by atoms with Crippen LogP contribution in [0.2, 0.25) is 0 Å². The van der Waals surface area contributed by atoms with Gasteiger partial charge in [0.2, 0.25) is 5.91 Å². The zero-order valence-electron chi connectivity index (χ0n) is 11.9. The van der Waals surface area contributed by atoms with Crippen molar-refractivity contribution in [1.82, 2.24) is 10.6 Å². The summed E-state index contributed by atoms with van der Waals surface area (Å²) < 4.78 is 0. The molecule has 110 valence electrons. The molecule has 2 aliphatic carbocycles. The Morgan fingerprint density at radius 3 is 2.79 bits per heavy atom. The normalized spacial score (nSPS) is 41.4. The van der Waals surface area contributed by atoms with Gasteiger partial charge in [0.25, 0.3) is 0 Å². The Morgan fingerprint density at radius 1 is 1.21 bits per heavy atom. The van der Waals surface area contributed by atoms with Gasteiger partial charge in [0.05, 0.1) is 5.41 Å². The van der Waals surface area contributed by atoms with Crippen LogP contribution in [-0.4, -0.2) is 25.0 Å². The number of nitrogens with one attached hydrogen (secondary N) is 2. The smallest absolute Gasteiger partial charge is 0.228 e. The van der Waals surface area contributed by atoms with Crippen molar-refractivity contribution in [3.8, 4) is 0 Å². The van der Waals surface area contributed by atoms with Gasteiger partial charge in [0.1, 0.15) is 0 Å². The van der Waals surface area contributed by atoms with Gasteiger partial charge >= 0.3 is 0 Å². The summed E-state index contributed by atoms with van der Waals surface area (Å²) in [5.41, 5.74) is -0.0689. The lowest BCUT2D eigenvalue weighted by Crippen LogP contribution is -2.51. The lowest BCUT2D eigenvalue weighted by atomic mass is 9.67. The van der Waals surface area contributed by atoms with Gasteiger partial charge in [-0.1, -0.05) is 26.2 Å². The molecule has 3 nitrogen and oxygen atoms in total. The molecule has 0 aromatic heterocycles. The molecule has 0 spiro atoms. The second-order valence-corrected chi connectivity index (χ2v) is 6.72. The summed E-state index contributed by atoms with van der Waals surface area (Å²) in [7, 11) is 0. The standard InChI is InChI=1S/C15H26N2O.ClH/c1-11-5-4-7-13(11)17-14(18)15-8-3-2-6-12(15)9-16-10-15;/h11-13,16H,2-10H2,1H3,(H,17,18);1H/t11?,12-,13?,15+;/m0./s1. The van der Waals surface area contributed by atoms with E-state index in [1.165, 1.54) is 38.5 Å². The van der Waals surface area contributed by atoms with Crippen LogP contribution in [0, 0.1) is 17.3 Å². The van der Waals surface area contributed by atoms with Crippen LogP contribution in [0.15, 0.2) is 0 Å². The van der Waals surface area contributed by atoms with Crippen LogP contribution in [-0.2, 0) is 4.79 Å². The molecule has 0 aromatic carbocycles. The molecular weight excluding hydrogens is 260 g/mol. The molecule has 3 fully saturated rings. The van der Waals surface area contributed by atoms with Gasteiger partial charge in [-0.3, -0.25) is 4.79 Å². The quantitative estimate of drug-likeness (QED) is 0.819. The lowest BCUT2D eigenvalue weighted by Gasteiger charge is -2.38. The van der Waals surface area contributed by atoms with Crippen LogP contribution in [0.25, 0.3) is 0 Å². The number of halogens is 1. The molecule has 0 radical (unpaired) electrons. The molecule has 19 heavy (non-hydrogen) atoms. The summed E-state index contributed by atoms with van der Waals surface area (Å²) in [6.45, 7) is 4.24. The van der Waals surface area contributed by atoms with Crippen molar-refractivity contribution >= 4 is 18.3 Å². The van der Waals surface area contributed by atoms with Crippen molar-refractivity contribution in [3.05, 3.63) is 0 Å². The maximum absolute atomic E-state index is 12.8. The molecule has 2 N–H and O–H groups in total. The topological polar surface area (TPSA) is 41.1 Å². The summed E-state index contributed by atoms with van der Waals surface area (Å²) in [5.74, 6) is 1.61. The molecule has 4 atom stereocenters. The minimum absolute atomic E-state index is 0. The summed E-state index contributed by atoms with van der Waals surface area (Å²) in [6, 6.07) is 0.440. The first kappa shape index (κ1) is 15.1. The molecular formula is C15H27ClN2O. The van der Waals surface area contributed by atoms with E-state index in [0.717, 1.165) is 19.5 Å². The molecule has 1 saturated heterocycles. The zero-order chi connectivity index (χ0) is 12.6. The van der Waals surface area contributed by atoms with Crippen LogP contribution >= 0.6 is 12.4 Å². The van der Waals surface area contributed by atoms with Crippen LogP contribution < -0.4 is 10.6 Å². The van der Waals surface area contributed by atoms with Gasteiger partial charge in [-0.15, -0.1) is 12.4 Å². The van der Waals surface area contributed by atoms with Gasteiger partial charge in [-0.2, -0.15) is 0 Å². The fourth-order valence-electron chi connectivity index (χ4n) is 4.36. The predicted molar refractivity (Wildman–Crippen MR) is 79.5 cm³/mol. The van der Waals surface area contributed by atoms with E-state index in [9.17, 15) is 4.79 Å². The summed E-state index contributed by atoms with van der Waals surface area (Å²) >= 11 is 0. The number of fused-ring (bicyclic) bond motifs is 1. The van der Waals surface area contributed by atoms with E-state index in [-0.39, 0.29) is 17.8 Å². The number of hydrogen-bond acceptors (Lipinski definition) is 2. The maximum Gasteiger partial charge on any atom is 0.228 e. The van der Waals surface area contributed by atoms with E-state index >= 15 is 0 Å². The molecule has 2 unspecified atom stereocenters. The van der Waals surface area contributed by atoms with E-state index in [1.807, 2.05) is 0 Å². The highest BCUT2D eigenvalue weighted by Crippen LogP contribution is 2.44. The van der Waals surface area contributed by atoms with Crippen molar-refractivity contribution in [2.24, 2.45) is 17.3 Å². The Bertz CT molecular complexity index is 336. The monoisotopic (exact) mass is 286 g/mol. The Hall–Kier alpha value is -0.280. The van der Waals surface area contributed by atoms with Crippen molar-refractivity contribution in [1.29, 1.82) is 0 Å². The molecule has 4 heteroatoms. The van der Waals surface area contributed by atoms with Crippen LogP contribution in [0.4, 0.5) is 0 Å².